The standard InChI is InChI=1S/2C10H14O2.2C5H5.Zr/c2*1-10(2,3)12-9-7-5-4-6-8(9)11;2*1-2-4-5-3-1;/h2*4-7,11H,1-3H3;2*1-5H;/q;;2*-1;+2. The predicted molar refractivity (Wildman–Crippen MR) is 141 cm³/mol. The summed E-state index contributed by atoms with van der Waals surface area (Å²) in [6.45, 7) is 11.7. The normalized spacial score (nSPS) is 10.0. The SMILES string of the molecule is CC(C)(C)Oc1ccccc1O.CC(C)(C)Oc1ccccc1O.[Zr+2].c1cc[cH-]c1.c1cc[cH-]c1. The smallest absolute Gasteiger partial charge is 0.504 e. The van der Waals surface area contributed by atoms with Crippen molar-refractivity contribution in [3.8, 4) is 23.0 Å². The van der Waals surface area contributed by atoms with Crippen molar-refractivity contribution in [3.63, 3.8) is 0 Å². The first-order valence-corrected chi connectivity index (χ1v) is 11.3. The fourth-order valence-electron chi connectivity index (χ4n) is 2.39. The average molecular weight is 554 g/mol. The van der Waals surface area contributed by atoms with Crippen LogP contribution >= 0.6 is 0 Å². The van der Waals surface area contributed by atoms with Crippen molar-refractivity contribution in [2.24, 2.45) is 0 Å². The molecule has 0 saturated carbocycles. The van der Waals surface area contributed by atoms with Gasteiger partial charge in [-0.1, -0.05) is 24.3 Å². The van der Waals surface area contributed by atoms with Crippen LogP contribution in [0.5, 0.6) is 23.0 Å². The zero-order valence-corrected chi connectivity index (χ0v) is 24.1. The van der Waals surface area contributed by atoms with Crippen molar-refractivity contribution >= 4 is 0 Å². The number of ether oxygens (including phenoxy) is 2. The quantitative estimate of drug-likeness (QED) is 0.247. The Hall–Kier alpha value is -2.78. The molecule has 0 bridgehead atoms. The van der Waals surface area contributed by atoms with E-state index in [1.165, 1.54) is 0 Å². The molecular formula is C30H38O4Zr. The summed E-state index contributed by atoms with van der Waals surface area (Å²) in [5.41, 5.74) is -0.530. The molecule has 0 aliphatic heterocycles. The molecule has 2 N–H and O–H groups in total. The summed E-state index contributed by atoms with van der Waals surface area (Å²) in [4.78, 5) is 0. The van der Waals surface area contributed by atoms with Crippen LogP contribution in [-0.4, -0.2) is 21.4 Å². The van der Waals surface area contributed by atoms with Crippen molar-refractivity contribution in [3.05, 3.63) is 109 Å². The molecule has 35 heavy (non-hydrogen) atoms. The number of hydrogen-bond acceptors (Lipinski definition) is 4. The summed E-state index contributed by atoms with van der Waals surface area (Å²) < 4.78 is 11.0. The molecule has 4 aromatic carbocycles. The molecular weight excluding hydrogens is 516 g/mol. The Morgan fingerprint density at radius 1 is 0.514 bits per heavy atom. The van der Waals surface area contributed by atoms with Crippen molar-refractivity contribution in [1.82, 2.24) is 0 Å². The van der Waals surface area contributed by atoms with Crippen molar-refractivity contribution < 1.29 is 45.9 Å². The van der Waals surface area contributed by atoms with E-state index in [-0.39, 0.29) is 48.9 Å². The second kappa shape index (κ2) is 16.8. The molecule has 0 fully saturated rings. The van der Waals surface area contributed by atoms with E-state index in [0.29, 0.717) is 11.5 Å². The zero-order chi connectivity index (χ0) is 25.5. The molecule has 0 unspecified atom stereocenters. The van der Waals surface area contributed by atoms with Crippen LogP contribution in [-0.2, 0) is 26.2 Å². The molecule has 5 heteroatoms. The largest absolute Gasteiger partial charge is 2.00 e. The molecule has 4 aromatic rings. The molecule has 4 rings (SSSR count). The molecule has 0 atom stereocenters. The van der Waals surface area contributed by atoms with E-state index in [1.807, 2.05) is 114 Å². The summed E-state index contributed by atoms with van der Waals surface area (Å²) in [6, 6.07) is 33.9. The monoisotopic (exact) mass is 552 g/mol. The molecule has 0 spiro atoms. The first-order chi connectivity index (χ1) is 16.0. The van der Waals surface area contributed by atoms with Crippen LogP contribution in [0.25, 0.3) is 0 Å². The Morgan fingerprint density at radius 3 is 1.00 bits per heavy atom. The van der Waals surface area contributed by atoms with Gasteiger partial charge in [0.2, 0.25) is 0 Å². The van der Waals surface area contributed by atoms with Crippen LogP contribution in [0.1, 0.15) is 41.5 Å². The van der Waals surface area contributed by atoms with Crippen LogP contribution in [0.2, 0.25) is 0 Å². The van der Waals surface area contributed by atoms with Gasteiger partial charge in [0.15, 0.2) is 23.0 Å². The number of phenols is 2. The minimum Gasteiger partial charge on any atom is -0.504 e. The molecule has 4 nitrogen and oxygen atoms in total. The Labute approximate surface area is 230 Å². The van der Waals surface area contributed by atoms with Gasteiger partial charge in [-0.15, -0.1) is 0 Å². The van der Waals surface area contributed by atoms with Gasteiger partial charge in [0.25, 0.3) is 0 Å². The molecule has 186 valence electrons. The number of rotatable bonds is 2. The summed E-state index contributed by atoms with van der Waals surface area (Å²) in [5.74, 6) is 1.44. The molecule has 0 radical (unpaired) electrons. The van der Waals surface area contributed by atoms with Crippen molar-refractivity contribution in [2.75, 3.05) is 0 Å². The molecule has 0 aromatic heterocycles. The minimum atomic E-state index is -0.265. The van der Waals surface area contributed by atoms with Gasteiger partial charge in [0.1, 0.15) is 11.2 Å². The van der Waals surface area contributed by atoms with Crippen molar-refractivity contribution in [1.29, 1.82) is 0 Å². The third kappa shape index (κ3) is 17.3. The summed E-state index contributed by atoms with van der Waals surface area (Å²) in [6.07, 6.45) is 0. The number of benzene rings is 2. The Bertz CT molecular complexity index is 877. The van der Waals surface area contributed by atoms with Crippen molar-refractivity contribution in [2.45, 2.75) is 52.7 Å². The minimum absolute atomic E-state index is 0. The van der Waals surface area contributed by atoms with Gasteiger partial charge in [-0.3, -0.25) is 0 Å². The van der Waals surface area contributed by atoms with Gasteiger partial charge in [-0.2, -0.15) is 36.4 Å². The second-order valence-corrected chi connectivity index (χ2v) is 9.29. The van der Waals surface area contributed by atoms with Crippen LogP contribution in [0.15, 0.2) is 109 Å². The summed E-state index contributed by atoms with van der Waals surface area (Å²) >= 11 is 0. The average Bonchev–Trinajstić information content (AvgIpc) is 3.49. The number of aromatic hydroxyl groups is 2. The first kappa shape index (κ1) is 32.2. The van der Waals surface area contributed by atoms with Gasteiger partial charge in [-0.05, 0) is 65.8 Å². The maximum Gasteiger partial charge on any atom is 2.00 e. The predicted octanol–water partition coefficient (Wildman–Crippen LogP) is 7.95. The van der Waals surface area contributed by atoms with Gasteiger partial charge in [0.05, 0.1) is 0 Å². The van der Waals surface area contributed by atoms with E-state index in [2.05, 4.69) is 0 Å². The van der Waals surface area contributed by atoms with Crippen LogP contribution < -0.4 is 9.47 Å². The second-order valence-electron chi connectivity index (χ2n) is 9.29. The summed E-state index contributed by atoms with van der Waals surface area (Å²) in [5, 5.41) is 18.7. The molecule has 0 aliphatic rings. The fraction of sp³-hybridized carbons (Fsp3) is 0.267. The number of phenolic OH excluding ortho intramolecular Hbond substituents is 2. The molecule has 0 aliphatic carbocycles. The maximum absolute atomic E-state index is 9.35. The first-order valence-electron chi connectivity index (χ1n) is 11.3. The van der Waals surface area contributed by atoms with E-state index in [1.54, 1.807) is 36.4 Å². The number of hydrogen-bond donors (Lipinski definition) is 2. The van der Waals surface area contributed by atoms with E-state index in [9.17, 15) is 10.2 Å². The van der Waals surface area contributed by atoms with E-state index >= 15 is 0 Å². The summed E-state index contributed by atoms with van der Waals surface area (Å²) in [7, 11) is 0. The Balaban J connectivity index is 0.000000468. The Morgan fingerprint density at radius 2 is 0.800 bits per heavy atom. The Kier molecular flexibility index (Phi) is 15.5. The van der Waals surface area contributed by atoms with E-state index in [4.69, 9.17) is 9.47 Å². The van der Waals surface area contributed by atoms with Crippen LogP contribution in [0.4, 0.5) is 0 Å². The molecule has 0 saturated heterocycles. The topological polar surface area (TPSA) is 58.9 Å². The maximum atomic E-state index is 9.35. The van der Waals surface area contributed by atoms with Gasteiger partial charge in [-0.25, -0.2) is 24.3 Å². The molecule has 0 amide bonds. The number of para-hydroxylation sites is 4. The van der Waals surface area contributed by atoms with Crippen LogP contribution in [0.3, 0.4) is 0 Å². The van der Waals surface area contributed by atoms with Crippen LogP contribution in [0, 0.1) is 0 Å². The van der Waals surface area contributed by atoms with E-state index < -0.39 is 0 Å². The third-order valence-corrected chi connectivity index (χ3v) is 3.67. The third-order valence-electron chi connectivity index (χ3n) is 3.67. The van der Waals surface area contributed by atoms with E-state index in [0.717, 1.165) is 0 Å². The van der Waals surface area contributed by atoms with Gasteiger partial charge < -0.3 is 19.7 Å². The fourth-order valence-corrected chi connectivity index (χ4v) is 2.39. The van der Waals surface area contributed by atoms with Gasteiger partial charge >= 0.3 is 26.2 Å². The zero-order valence-electron chi connectivity index (χ0n) is 21.6. The molecule has 0 heterocycles. The van der Waals surface area contributed by atoms with Gasteiger partial charge in [0, 0.05) is 0 Å².